The third-order valence-corrected chi connectivity index (χ3v) is 2.37. The van der Waals surface area contributed by atoms with E-state index in [4.69, 9.17) is 15.2 Å². The van der Waals surface area contributed by atoms with Crippen LogP contribution >= 0.6 is 0 Å². The first kappa shape index (κ1) is 11.3. The van der Waals surface area contributed by atoms with Crippen molar-refractivity contribution in [3.8, 4) is 5.75 Å². The first-order valence-electron chi connectivity index (χ1n) is 5.16. The van der Waals surface area contributed by atoms with Gasteiger partial charge in [-0.2, -0.15) is 5.10 Å². The van der Waals surface area contributed by atoms with E-state index in [1.54, 1.807) is 19.2 Å². The van der Waals surface area contributed by atoms with Crippen LogP contribution in [0.25, 0.3) is 5.52 Å². The average Bonchev–Trinajstić information content (AvgIpc) is 2.73. The molecule has 0 aromatic carbocycles. The van der Waals surface area contributed by atoms with Crippen molar-refractivity contribution >= 4 is 17.2 Å². The minimum absolute atomic E-state index is 0.306. The number of hydrogen-bond acceptors (Lipinski definition) is 5. The number of fused-ring (bicyclic) bond motifs is 1. The molecule has 17 heavy (non-hydrogen) atoms. The smallest absolute Gasteiger partial charge is 0.342 e. The second kappa shape index (κ2) is 4.32. The summed E-state index contributed by atoms with van der Waals surface area (Å²) in [5.41, 5.74) is 7.09. The minimum Gasteiger partial charge on any atom is -0.492 e. The Morgan fingerprint density at radius 1 is 1.59 bits per heavy atom. The Kier molecular flexibility index (Phi) is 2.86. The van der Waals surface area contributed by atoms with Crippen LogP contribution in [0.3, 0.4) is 0 Å². The average molecular weight is 235 g/mol. The maximum Gasteiger partial charge on any atom is 0.342 e. The number of nitrogen functional groups attached to an aromatic ring is 1. The number of anilines is 1. The van der Waals surface area contributed by atoms with Crippen LogP contribution in [0.5, 0.6) is 5.75 Å². The van der Waals surface area contributed by atoms with Gasteiger partial charge >= 0.3 is 5.97 Å². The molecule has 0 radical (unpaired) electrons. The molecule has 0 aliphatic rings. The molecule has 0 amide bonds. The molecule has 0 bridgehead atoms. The van der Waals surface area contributed by atoms with Gasteiger partial charge in [-0.15, -0.1) is 0 Å². The van der Waals surface area contributed by atoms with Crippen LogP contribution in [-0.2, 0) is 4.74 Å². The molecule has 6 nitrogen and oxygen atoms in total. The summed E-state index contributed by atoms with van der Waals surface area (Å²) in [4.78, 5) is 11.7. The van der Waals surface area contributed by atoms with Gasteiger partial charge in [0.2, 0.25) is 0 Å². The van der Waals surface area contributed by atoms with E-state index < -0.39 is 5.97 Å². The van der Waals surface area contributed by atoms with Gasteiger partial charge in [0, 0.05) is 6.20 Å². The zero-order valence-corrected chi connectivity index (χ0v) is 9.64. The number of hydrogen-bond donors (Lipinski definition) is 1. The number of carbonyl (C=O) groups excluding carboxylic acids is 1. The van der Waals surface area contributed by atoms with E-state index in [9.17, 15) is 4.79 Å². The Bertz CT molecular complexity index is 562. The first-order chi connectivity index (χ1) is 8.19. The van der Waals surface area contributed by atoms with Crippen molar-refractivity contribution in [3.05, 3.63) is 24.0 Å². The molecule has 0 saturated heterocycles. The Morgan fingerprint density at radius 3 is 3.00 bits per heavy atom. The number of ether oxygens (including phenoxy) is 2. The van der Waals surface area contributed by atoms with Crippen LogP contribution in [0.4, 0.5) is 5.69 Å². The Hall–Kier alpha value is -2.24. The molecule has 0 aliphatic heterocycles. The van der Waals surface area contributed by atoms with E-state index in [0.29, 0.717) is 29.1 Å². The number of rotatable bonds is 3. The predicted molar refractivity (Wildman–Crippen MR) is 62.1 cm³/mol. The maximum atomic E-state index is 11.7. The molecule has 6 heteroatoms. The van der Waals surface area contributed by atoms with Gasteiger partial charge in [0.05, 0.1) is 25.6 Å². The summed E-state index contributed by atoms with van der Waals surface area (Å²) in [6, 6.07) is 1.66. The van der Waals surface area contributed by atoms with Crippen molar-refractivity contribution in [2.45, 2.75) is 6.92 Å². The number of nitrogens with zero attached hydrogens (tertiary/aromatic N) is 2. The fraction of sp³-hybridized carbons (Fsp3) is 0.273. The van der Waals surface area contributed by atoms with E-state index in [0.717, 1.165) is 0 Å². The highest BCUT2D eigenvalue weighted by Crippen LogP contribution is 2.29. The number of pyridine rings is 1. The molecular weight excluding hydrogens is 222 g/mol. The van der Waals surface area contributed by atoms with E-state index >= 15 is 0 Å². The van der Waals surface area contributed by atoms with Crippen molar-refractivity contribution in [3.63, 3.8) is 0 Å². The lowest BCUT2D eigenvalue weighted by molar-refractivity contribution is 0.0528. The lowest BCUT2D eigenvalue weighted by atomic mass is 10.2. The van der Waals surface area contributed by atoms with Crippen molar-refractivity contribution < 1.29 is 14.3 Å². The molecule has 2 aromatic heterocycles. The lowest BCUT2D eigenvalue weighted by Gasteiger charge is -2.07. The molecule has 0 unspecified atom stereocenters. The van der Waals surface area contributed by atoms with Crippen LogP contribution in [0.15, 0.2) is 18.5 Å². The molecule has 0 aliphatic carbocycles. The van der Waals surface area contributed by atoms with Gasteiger partial charge in [0.1, 0.15) is 11.1 Å². The fourth-order valence-electron chi connectivity index (χ4n) is 1.64. The molecule has 0 fully saturated rings. The highest BCUT2D eigenvalue weighted by Gasteiger charge is 2.18. The van der Waals surface area contributed by atoms with Crippen LogP contribution < -0.4 is 10.5 Å². The lowest BCUT2D eigenvalue weighted by Crippen LogP contribution is -2.05. The SMILES string of the molecule is CCOC(=O)c1cnn2ccc(N)c(OC)c12. The quantitative estimate of drug-likeness (QED) is 0.806. The number of carbonyl (C=O) groups is 1. The first-order valence-corrected chi connectivity index (χ1v) is 5.16. The summed E-state index contributed by atoms with van der Waals surface area (Å²) in [6.07, 6.45) is 3.10. The highest BCUT2D eigenvalue weighted by molar-refractivity contribution is 5.99. The van der Waals surface area contributed by atoms with Gasteiger partial charge in [-0.1, -0.05) is 0 Å². The van der Waals surface area contributed by atoms with Crippen molar-refractivity contribution in [1.29, 1.82) is 0 Å². The van der Waals surface area contributed by atoms with Gasteiger partial charge in [0.25, 0.3) is 0 Å². The Morgan fingerprint density at radius 2 is 2.35 bits per heavy atom. The molecular formula is C11H13N3O3. The summed E-state index contributed by atoms with van der Waals surface area (Å²) in [7, 11) is 1.49. The molecule has 90 valence electrons. The Labute approximate surface area is 97.9 Å². The van der Waals surface area contributed by atoms with Gasteiger partial charge in [-0.3, -0.25) is 0 Å². The molecule has 2 rings (SSSR count). The molecule has 2 N–H and O–H groups in total. The molecule has 0 saturated carbocycles. The number of aromatic nitrogens is 2. The number of nitrogens with two attached hydrogens (primary N) is 1. The maximum absolute atomic E-state index is 11.7. The Balaban J connectivity index is 2.65. The van der Waals surface area contributed by atoms with E-state index in [-0.39, 0.29) is 0 Å². The van der Waals surface area contributed by atoms with Gasteiger partial charge < -0.3 is 15.2 Å². The molecule has 0 spiro atoms. The molecule has 2 aromatic rings. The largest absolute Gasteiger partial charge is 0.492 e. The van der Waals surface area contributed by atoms with Gasteiger partial charge in [0.15, 0.2) is 5.75 Å². The topological polar surface area (TPSA) is 78.8 Å². The third-order valence-electron chi connectivity index (χ3n) is 2.37. The highest BCUT2D eigenvalue weighted by atomic mass is 16.5. The van der Waals surface area contributed by atoms with E-state index in [1.807, 2.05) is 0 Å². The normalized spacial score (nSPS) is 10.5. The van der Waals surface area contributed by atoms with E-state index in [2.05, 4.69) is 5.10 Å². The second-order valence-electron chi connectivity index (χ2n) is 3.38. The van der Waals surface area contributed by atoms with Gasteiger partial charge in [-0.05, 0) is 13.0 Å². The van der Waals surface area contributed by atoms with Crippen LogP contribution in [0.2, 0.25) is 0 Å². The summed E-state index contributed by atoms with van der Waals surface area (Å²) in [5.74, 6) is -0.0144. The number of esters is 1. The zero-order chi connectivity index (χ0) is 12.4. The monoisotopic (exact) mass is 235 g/mol. The van der Waals surface area contributed by atoms with Crippen molar-refractivity contribution in [1.82, 2.24) is 9.61 Å². The van der Waals surface area contributed by atoms with Crippen molar-refractivity contribution in [2.24, 2.45) is 0 Å². The van der Waals surface area contributed by atoms with Gasteiger partial charge in [-0.25, -0.2) is 9.31 Å². The zero-order valence-electron chi connectivity index (χ0n) is 9.64. The fourth-order valence-corrected chi connectivity index (χ4v) is 1.64. The predicted octanol–water partition coefficient (Wildman–Crippen LogP) is 1.10. The van der Waals surface area contributed by atoms with Crippen LogP contribution in [0.1, 0.15) is 17.3 Å². The summed E-state index contributed by atoms with van der Waals surface area (Å²) in [6.45, 7) is 2.05. The summed E-state index contributed by atoms with van der Waals surface area (Å²) in [5, 5.41) is 4.05. The standard InChI is InChI=1S/C11H13N3O3/c1-3-17-11(15)7-6-13-14-5-4-8(12)10(16-2)9(7)14/h4-6H,3,12H2,1-2H3. The van der Waals surface area contributed by atoms with E-state index in [1.165, 1.54) is 17.8 Å². The summed E-state index contributed by atoms with van der Waals surface area (Å²) < 4.78 is 11.7. The van der Waals surface area contributed by atoms with Crippen molar-refractivity contribution in [2.75, 3.05) is 19.5 Å². The molecule has 2 heterocycles. The number of methoxy groups -OCH3 is 1. The minimum atomic E-state index is -0.439. The summed E-state index contributed by atoms with van der Waals surface area (Å²) >= 11 is 0. The third kappa shape index (κ3) is 1.77. The molecule has 0 atom stereocenters. The second-order valence-corrected chi connectivity index (χ2v) is 3.38. The van der Waals surface area contributed by atoms with Crippen LogP contribution in [0, 0.1) is 0 Å². The van der Waals surface area contributed by atoms with Crippen LogP contribution in [-0.4, -0.2) is 29.3 Å².